The Balaban J connectivity index is 1.99. The minimum Gasteiger partial charge on any atom is -0.349 e. The number of amides is 1. The molecule has 1 aliphatic rings. The van der Waals surface area contributed by atoms with Crippen LogP contribution < -0.4 is 10.6 Å². The Hall–Kier alpha value is -1.35. The summed E-state index contributed by atoms with van der Waals surface area (Å²) in [7, 11) is 0. The van der Waals surface area contributed by atoms with Crippen molar-refractivity contribution in [2.45, 2.75) is 58.0 Å². The van der Waals surface area contributed by atoms with E-state index in [0.29, 0.717) is 12.1 Å². The van der Waals surface area contributed by atoms with Crippen molar-refractivity contribution < 1.29 is 4.79 Å². The maximum Gasteiger partial charge on any atom is 0.251 e. The molecule has 3 heteroatoms. The van der Waals surface area contributed by atoms with Crippen LogP contribution in [-0.2, 0) is 5.41 Å². The van der Waals surface area contributed by atoms with Gasteiger partial charge in [0.05, 0.1) is 0 Å². The van der Waals surface area contributed by atoms with Gasteiger partial charge in [-0.1, -0.05) is 32.9 Å². The van der Waals surface area contributed by atoms with Crippen molar-refractivity contribution in [3.63, 3.8) is 0 Å². The van der Waals surface area contributed by atoms with Crippen molar-refractivity contribution in [1.29, 1.82) is 0 Å². The lowest BCUT2D eigenvalue weighted by Gasteiger charge is -2.28. The van der Waals surface area contributed by atoms with Crippen LogP contribution in [0.4, 0.5) is 0 Å². The quantitative estimate of drug-likeness (QED) is 0.870. The van der Waals surface area contributed by atoms with Gasteiger partial charge in [0, 0.05) is 17.6 Å². The molecule has 0 saturated carbocycles. The van der Waals surface area contributed by atoms with Gasteiger partial charge >= 0.3 is 0 Å². The Morgan fingerprint density at radius 1 is 1.25 bits per heavy atom. The molecule has 1 heterocycles. The highest BCUT2D eigenvalue weighted by Crippen LogP contribution is 2.22. The second-order valence-electron chi connectivity index (χ2n) is 6.88. The molecule has 2 N–H and O–H groups in total. The third kappa shape index (κ3) is 3.83. The van der Waals surface area contributed by atoms with Crippen molar-refractivity contribution in [2.75, 3.05) is 6.54 Å². The molecule has 20 heavy (non-hydrogen) atoms. The third-order valence-electron chi connectivity index (χ3n) is 3.97. The van der Waals surface area contributed by atoms with E-state index in [2.05, 4.69) is 50.5 Å². The van der Waals surface area contributed by atoms with E-state index in [9.17, 15) is 4.79 Å². The molecule has 2 rings (SSSR count). The van der Waals surface area contributed by atoms with Crippen LogP contribution in [0, 0.1) is 0 Å². The number of hydrogen-bond donors (Lipinski definition) is 2. The van der Waals surface area contributed by atoms with Crippen LogP contribution in [0.3, 0.4) is 0 Å². The maximum absolute atomic E-state index is 12.2. The molecule has 2 unspecified atom stereocenters. The van der Waals surface area contributed by atoms with Gasteiger partial charge in [0.2, 0.25) is 0 Å². The van der Waals surface area contributed by atoms with Crippen molar-refractivity contribution >= 4 is 5.91 Å². The largest absolute Gasteiger partial charge is 0.349 e. The molecule has 1 aliphatic heterocycles. The minimum absolute atomic E-state index is 0.0459. The van der Waals surface area contributed by atoms with Gasteiger partial charge in [0.1, 0.15) is 0 Å². The zero-order chi connectivity index (χ0) is 14.8. The maximum atomic E-state index is 12.2. The number of nitrogens with one attached hydrogen (secondary N) is 2. The molecule has 1 amide bonds. The van der Waals surface area contributed by atoms with Gasteiger partial charge in [-0.05, 0) is 49.4 Å². The van der Waals surface area contributed by atoms with Crippen LogP contribution in [0.15, 0.2) is 24.3 Å². The number of hydrogen-bond acceptors (Lipinski definition) is 2. The molecular weight excluding hydrogens is 248 g/mol. The van der Waals surface area contributed by atoms with Gasteiger partial charge in [-0.2, -0.15) is 0 Å². The van der Waals surface area contributed by atoms with E-state index in [0.717, 1.165) is 24.9 Å². The highest BCUT2D eigenvalue weighted by Gasteiger charge is 2.20. The summed E-state index contributed by atoms with van der Waals surface area (Å²) >= 11 is 0. The fourth-order valence-electron chi connectivity index (χ4n) is 2.65. The van der Waals surface area contributed by atoms with E-state index in [4.69, 9.17) is 0 Å². The number of carbonyl (C=O) groups is 1. The zero-order valence-corrected chi connectivity index (χ0v) is 13.0. The Kier molecular flexibility index (Phi) is 4.48. The van der Waals surface area contributed by atoms with Crippen LogP contribution in [0.2, 0.25) is 0 Å². The van der Waals surface area contributed by atoms with Crippen molar-refractivity contribution in [1.82, 2.24) is 10.6 Å². The number of benzene rings is 1. The van der Waals surface area contributed by atoms with E-state index >= 15 is 0 Å². The van der Waals surface area contributed by atoms with E-state index in [1.807, 2.05) is 12.1 Å². The lowest BCUT2D eigenvalue weighted by molar-refractivity contribution is 0.0925. The summed E-state index contributed by atoms with van der Waals surface area (Å²) in [4.78, 5) is 12.2. The van der Waals surface area contributed by atoms with Crippen molar-refractivity contribution in [3.05, 3.63) is 35.4 Å². The Morgan fingerprint density at radius 2 is 1.90 bits per heavy atom. The third-order valence-corrected chi connectivity index (χ3v) is 3.97. The summed E-state index contributed by atoms with van der Waals surface area (Å²) in [6, 6.07) is 8.75. The van der Waals surface area contributed by atoms with E-state index in [1.165, 1.54) is 5.56 Å². The second kappa shape index (κ2) is 5.96. The summed E-state index contributed by atoms with van der Waals surface area (Å²) in [6.45, 7) is 9.68. The summed E-state index contributed by atoms with van der Waals surface area (Å²) < 4.78 is 0. The predicted molar refractivity (Wildman–Crippen MR) is 83.1 cm³/mol. The summed E-state index contributed by atoms with van der Waals surface area (Å²) in [5.74, 6) is 0.0459. The first kappa shape index (κ1) is 15.0. The fourth-order valence-corrected chi connectivity index (χ4v) is 2.65. The van der Waals surface area contributed by atoms with Crippen molar-refractivity contribution in [3.8, 4) is 0 Å². The Morgan fingerprint density at radius 3 is 2.45 bits per heavy atom. The predicted octanol–water partition coefficient (Wildman–Crippen LogP) is 2.85. The van der Waals surface area contributed by atoms with Crippen LogP contribution in [0.1, 0.15) is 56.5 Å². The van der Waals surface area contributed by atoms with Crippen LogP contribution in [-0.4, -0.2) is 24.5 Å². The SMILES string of the molecule is CC1CC(NC(=O)c2ccc(C(C)(C)C)cc2)CCN1. The highest BCUT2D eigenvalue weighted by molar-refractivity contribution is 5.94. The molecule has 0 spiro atoms. The first-order valence-electron chi connectivity index (χ1n) is 7.51. The lowest BCUT2D eigenvalue weighted by Crippen LogP contribution is -2.46. The topological polar surface area (TPSA) is 41.1 Å². The molecule has 1 saturated heterocycles. The number of carbonyl (C=O) groups excluding carboxylic acids is 1. The number of piperidine rings is 1. The molecule has 0 radical (unpaired) electrons. The van der Waals surface area contributed by atoms with Gasteiger partial charge < -0.3 is 10.6 Å². The van der Waals surface area contributed by atoms with Crippen LogP contribution in [0.25, 0.3) is 0 Å². The molecule has 1 aromatic rings. The molecule has 2 atom stereocenters. The van der Waals surface area contributed by atoms with E-state index in [-0.39, 0.29) is 11.3 Å². The van der Waals surface area contributed by atoms with Gasteiger partial charge in [-0.15, -0.1) is 0 Å². The summed E-state index contributed by atoms with van der Waals surface area (Å²) in [5, 5.41) is 6.54. The second-order valence-corrected chi connectivity index (χ2v) is 6.88. The average molecular weight is 274 g/mol. The molecular formula is C17H26N2O. The van der Waals surface area contributed by atoms with Crippen LogP contribution >= 0.6 is 0 Å². The molecule has 0 aliphatic carbocycles. The summed E-state index contributed by atoms with van der Waals surface area (Å²) in [6.07, 6.45) is 2.02. The Bertz CT molecular complexity index is 459. The first-order valence-corrected chi connectivity index (χ1v) is 7.51. The molecule has 110 valence electrons. The lowest BCUT2D eigenvalue weighted by atomic mass is 9.86. The monoisotopic (exact) mass is 274 g/mol. The van der Waals surface area contributed by atoms with E-state index in [1.54, 1.807) is 0 Å². The molecule has 1 aromatic carbocycles. The fraction of sp³-hybridized carbons (Fsp3) is 0.588. The molecule has 3 nitrogen and oxygen atoms in total. The average Bonchev–Trinajstić information content (AvgIpc) is 2.38. The minimum atomic E-state index is 0.0459. The van der Waals surface area contributed by atoms with E-state index < -0.39 is 0 Å². The molecule has 0 aromatic heterocycles. The highest BCUT2D eigenvalue weighted by atomic mass is 16.1. The standard InChI is InChI=1S/C17H26N2O/c1-12-11-15(9-10-18-12)19-16(20)13-5-7-14(8-6-13)17(2,3)4/h5-8,12,15,18H,9-11H2,1-4H3,(H,19,20). The molecule has 0 bridgehead atoms. The van der Waals surface area contributed by atoms with Gasteiger partial charge in [-0.25, -0.2) is 0 Å². The summed E-state index contributed by atoms with van der Waals surface area (Å²) in [5.41, 5.74) is 2.13. The van der Waals surface area contributed by atoms with Gasteiger partial charge in [-0.3, -0.25) is 4.79 Å². The van der Waals surface area contributed by atoms with Crippen LogP contribution in [0.5, 0.6) is 0 Å². The van der Waals surface area contributed by atoms with Crippen molar-refractivity contribution in [2.24, 2.45) is 0 Å². The number of rotatable bonds is 2. The van der Waals surface area contributed by atoms with Gasteiger partial charge in [0.15, 0.2) is 0 Å². The zero-order valence-electron chi connectivity index (χ0n) is 13.0. The normalized spacial score (nSPS) is 23.4. The Labute approximate surface area is 122 Å². The van der Waals surface area contributed by atoms with Gasteiger partial charge in [0.25, 0.3) is 5.91 Å². The molecule has 1 fully saturated rings. The smallest absolute Gasteiger partial charge is 0.251 e. The first-order chi connectivity index (χ1) is 9.36.